The van der Waals surface area contributed by atoms with E-state index in [4.69, 9.17) is 5.73 Å². The van der Waals surface area contributed by atoms with Gasteiger partial charge in [-0.3, -0.25) is 14.2 Å². The van der Waals surface area contributed by atoms with E-state index in [-0.39, 0.29) is 36.9 Å². The predicted octanol–water partition coefficient (Wildman–Crippen LogP) is -0.777. The SMILES string of the molecule is CN[C@H](C(=O)N[C@@H](CCCNC(N)=O)C(=O)CNCCP(C)(=O)O)C(C)C. The molecule has 3 amide bonds. The Morgan fingerprint density at radius 3 is 2.30 bits per heavy atom. The van der Waals surface area contributed by atoms with Gasteiger partial charge in [0.15, 0.2) is 13.2 Å². The van der Waals surface area contributed by atoms with Gasteiger partial charge in [-0.05, 0) is 25.8 Å². The molecule has 3 atom stereocenters. The molecule has 0 radical (unpaired) electrons. The van der Waals surface area contributed by atoms with E-state index >= 15 is 0 Å². The van der Waals surface area contributed by atoms with Crippen molar-refractivity contribution in [1.82, 2.24) is 21.3 Å². The van der Waals surface area contributed by atoms with E-state index in [1.54, 1.807) is 7.05 Å². The lowest BCUT2D eigenvalue weighted by atomic mass is 10.0. The molecule has 0 bridgehead atoms. The summed E-state index contributed by atoms with van der Waals surface area (Å²) in [6.07, 6.45) is 0.870. The third-order valence-corrected chi connectivity index (χ3v) is 4.99. The van der Waals surface area contributed by atoms with Crippen LogP contribution < -0.4 is 27.0 Å². The Hall–Kier alpha value is -1.48. The van der Waals surface area contributed by atoms with Gasteiger partial charge in [0.05, 0.1) is 18.6 Å². The van der Waals surface area contributed by atoms with Crippen LogP contribution in [0.15, 0.2) is 0 Å². The second-order valence-electron chi connectivity index (χ2n) is 6.92. The second kappa shape index (κ2) is 12.8. The Kier molecular flexibility index (Phi) is 12.1. The first kappa shape index (κ1) is 25.5. The van der Waals surface area contributed by atoms with Gasteiger partial charge < -0.3 is 31.9 Å². The van der Waals surface area contributed by atoms with Gasteiger partial charge in [-0.25, -0.2) is 4.79 Å². The van der Waals surface area contributed by atoms with Gasteiger partial charge in [-0.1, -0.05) is 13.8 Å². The van der Waals surface area contributed by atoms with Crippen molar-refractivity contribution in [3.8, 4) is 0 Å². The van der Waals surface area contributed by atoms with Crippen LogP contribution in [-0.2, 0) is 14.2 Å². The number of ketones is 1. The van der Waals surface area contributed by atoms with Crippen molar-refractivity contribution in [2.75, 3.05) is 39.5 Å². The van der Waals surface area contributed by atoms with E-state index in [0.29, 0.717) is 19.4 Å². The molecule has 11 heteroatoms. The monoisotopic (exact) mass is 407 g/mol. The predicted molar refractivity (Wildman–Crippen MR) is 105 cm³/mol. The van der Waals surface area contributed by atoms with E-state index in [1.807, 2.05) is 13.8 Å². The molecule has 0 aromatic carbocycles. The Morgan fingerprint density at radius 1 is 1.19 bits per heavy atom. The number of carbonyl (C=O) groups is 3. The van der Waals surface area contributed by atoms with Gasteiger partial charge >= 0.3 is 6.03 Å². The number of nitrogens with two attached hydrogens (primary N) is 1. The van der Waals surface area contributed by atoms with Crippen LogP contribution in [0.2, 0.25) is 0 Å². The minimum atomic E-state index is -3.14. The van der Waals surface area contributed by atoms with E-state index in [1.165, 1.54) is 6.66 Å². The molecule has 1 unspecified atom stereocenters. The fourth-order valence-electron chi connectivity index (χ4n) is 2.48. The van der Waals surface area contributed by atoms with E-state index < -0.39 is 25.5 Å². The topological polar surface area (TPSA) is 163 Å². The number of nitrogens with one attached hydrogen (secondary N) is 4. The molecule has 0 rings (SSSR count). The molecule has 0 fully saturated rings. The molecule has 0 aliphatic rings. The van der Waals surface area contributed by atoms with Crippen molar-refractivity contribution >= 4 is 25.1 Å². The first-order valence-electron chi connectivity index (χ1n) is 9.01. The van der Waals surface area contributed by atoms with Crippen molar-refractivity contribution in [1.29, 1.82) is 0 Å². The number of likely N-dealkylation sites (N-methyl/N-ethyl adjacent to an activating group) is 1. The number of hydrogen-bond donors (Lipinski definition) is 6. The zero-order valence-corrected chi connectivity index (χ0v) is 17.5. The molecule has 0 aliphatic carbocycles. The van der Waals surface area contributed by atoms with Gasteiger partial charge in [-0.15, -0.1) is 0 Å². The summed E-state index contributed by atoms with van der Waals surface area (Å²) in [6, 6.07) is -1.80. The van der Waals surface area contributed by atoms with Crippen LogP contribution >= 0.6 is 7.37 Å². The minimum Gasteiger partial charge on any atom is -0.352 e. The van der Waals surface area contributed by atoms with Crippen LogP contribution in [0.3, 0.4) is 0 Å². The third-order valence-electron chi connectivity index (χ3n) is 3.94. The van der Waals surface area contributed by atoms with Crippen molar-refractivity contribution in [2.24, 2.45) is 11.7 Å². The van der Waals surface area contributed by atoms with Crippen LogP contribution in [0.25, 0.3) is 0 Å². The molecule has 0 saturated carbocycles. The van der Waals surface area contributed by atoms with Crippen molar-refractivity contribution in [2.45, 2.75) is 38.8 Å². The summed E-state index contributed by atoms with van der Waals surface area (Å²) in [7, 11) is -1.46. The maximum Gasteiger partial charge on any atom is 0.312 e. The highest BCUT2D eigenvalue weighted by Gasteiger charge is 2.26. The van der Waals surface area contributed by atoms with Crippen LogP contribution in [0.1, 0.15) is 26.7 Å². The first-order valence-corrected chi connectivity index (χ1v) is 11.3. The summed E-state index contributed by atoms with van der Waals surface area (Å²) in [5, 5.41) is 11.0. The lowest BCUT2D eigenvalue weighted by molar-refractivity contribution is -0.129. The van der Waals surface area contributed by atoms with Gasteiger partial charge in [0, 0.05) is 25.9 Å². The average molecular weight is 407 g/mol. The summed E-state index contributed by atoms with van der Waals surface area (Å²) in [4.78, 5) is 44.9. The van der Waals surface area contributed by atoms with Crippen LogP contribution in [0.5, 0.6) is 0 Å². The molecule has 0 saturated heterocycles. The minimum absolute atomic E-state index is 0.0277. The largest absolute Gasteiger partial charge is 0.352 e. The Labute approximate surface area is 160 Å². The summed E-state index contributed by atoms with van der Waals surface area (Å²) < 4.78 is 11.3. The summed E-state index contributed by atoms with van der Waals surface area (Å²) in [5.41, 5.74) is 5.01. The molecule has 0 spiro atoms. The Morgan fingerprint density at radius 2 is 1.81 bits per heavy atom. The molecule has 27 heavy (non-hydrogen) atoms. The standard InChI is InChI=1S/C16H34N5O5P/c1-11(2)14(18-3)15(23)21-12(6-5-7-20-16(17)24)13(22)10-19-8-9-27(4,25)26/h11-12,14,18-19H,5-10H2,1-4H3,(H,21,23)(H,25,26)(H3,17,20,24)/t12-,14-/m0/s1. The molecule has 10 nitrogen and oxygen atoms in total. The molecule has 0 aromatic heterocycles. The van der Waals surface area contributed by atoms with E-state index in [9.17, 15) is 23.8 Å². The van der Waals surface area contributed by atoms with Crippen LogP contribution in [-0.4, -0.2) is 74.2 Å². The molecule has 0 heterocycles. The maximum atomic E-state index is 12.5. The highest BCUT2D eigenvalue weighted by atomic mass is 31.2. The summed E-state index contributed by atoms with van der Waals surface area (Å²) in [6.45, 7) is 5.55. The molecule has 7 N–H and O–H groups in total. The molecular weight excluding hydrogens is 373 g/mol. The number of hydrogen-bond acceptors (Lipinski definition) is 6. The zero-order chi connectivity index (χ0) is 21.0. The average Bonchev–Trinajstić information content (AvgIpc) is 2.53. The highest BCUT2D eigenvalue weighted by Crippen LogP contribution is 2.33. The number of amides is 3. The lowest BCUT2D eigenvalue weighted by Gasteiger charge is -2.24. The fourth-order valence-corrected chi connectivity index (χ4v) is 3.05. The normalized spacial score (nSPS) is 15.6. The Bertz CT molecular complexity index is 537. The quantitative estimate of drug-likeness (QED) is 0.162. The van der Waals surface area contributed by atoms with Gasteiger partial charge in [0.2, 0.25) is 5.91 Å². The van der Waals surface area contributed by atoms with Gasteiger partial charge in [-0.2, -0.15) is 0 Å². The highest BCUT2D eigenvalue weighted by molar-refractivity contribution is 7.57. The lowest BCUT2D eigenvalue weighted by Crippen LogP contribution is -2.52. The number of rotatable bonds is 14. The Balaban J connectivity index is 4.74. The smallest absolute Gasteiger partial charge is 0.312 e. The number of Topliss-reactive ketones (excluding diaryl/α,β-unsaturated/α-hetero) is 1. The van der Waals surface area contributed by atoms with Gasteiger partial charge in [0.1, 0.15) is 0 Å². The maximum absolute atomic E-state index is 12.5. The zero-order valence-electron chi connectivity index (χ0n) is 16.6. The molecular formula is C16H34N5O5P. The van der Waals surface area contributed by atoms with Gasteiger partial charge in [0.25, 0.3) is 0 Å². The van der Waals surface area contributed by atoms with Crippen molar-refractivity contribution in [3.05, 3.63) is 0 Å². The molecule has 0 aromatic rings. The number of urea groups is 1. The van der Waals surface area contributed by atoms with E-state index in [0.717, 1.165) is 0 Å². The van der Waals surface area contributed by atoms with Crippen molar-refractivity contribution < 1.29 is 23.8 Å². The molecule has 158 valence electrons. The van der Waals surface area contributed by atoms with Crippen molar-refractivity contribution in [3.63, 3.8) is 0 Å². The summed E-state index contributed by atoms with van der Waals surface area (Å²) in [5.74, 6) is -0.462. The summed E-state index contributed by atoms with van der Waals surface area (Å²) >= 11 is 0. The number of primary amides is 1. The second-order valence-corrected chi connectivity index (χ2v) is 9.47. The van der Waals surface area contributed by atoms with E-state index in [2.05, 4.69) is 21.3 Å². The molecule has 0 aliphatic heterocycles. The first-order chi connectivity index (χ1) is 12.5. The third kappa shape index (κ3) is 12.5. The van der Waals surface area contributed by atoms with Crippen LogP contribution in [0, 0.1) is 5.92 Å². The fraction of sp³-hybridized carbons (Fsp3) is 0.812. The number of carbonyl (C=O) groups excluding carboxylic acids is 3. The van der Waals surface area contributed by atoms with Crippen LogP contribution in [0.4, 0.5) is 4.79 Å².